The second-order valence-electron chi connectivity index (χ2n) is 5.83. The molecule has 0 spiro atoms. The van der Waals surface area contributed by atoms with E-state index >= 15 is 0 Å². The van der Waals surface area contributed by atoms with Crippen molar-refractivity contribution in [1.29, 1.82) is 0 Å². The van der Waals surface area contributed by atoms with Crippen LogP contribution >= 0.6 is 11.3 Å². The number of carbonyl (C=O) groups excluding carboxylic acids is 1. The van der Waals surface area contributed by atoms with Crippen molar-refractivity contribution in [1.82, 2.24) is 4.98 Å². The van der Waals surface area contributed by atoms with Gasteiger partial charge in [-0.05, 0) is 44.4 Å². The molecule has 0 saturated heterocycles. The Balaban J connectivity index is 2.08. The lowest BCUT2D eigenvalue weighted by atomic mass is 9.85. The van der Waals surface area contributed by atoms with E-state index in [9.17, 15) is 14.7 Å². The highest BCUT2D eigenvalue weighted by Crippen LogP contribution is 2.25. The lowest BCUT2D eigenvalue weighted by Gasteiger charge is -2.19. The number of benzene rings is 1. The Morgan fingerprint density at radius 3 is 2.48 bits per heavy atom. The first-order valence-corrected chi connectivity index (χ1v) is 8.26. The number of aryl methyl sites for hydroxylation is 1. The third-order valence-corrected chi connectivity index (χ3v) is 4.70. The lowest BCUT2D eigenvalue weighted by molar-refractivity contribution is -0.142. The summed E-state index contributed by atoms with van der Waals surface area (Å²) in [6, 6.07) is 6.87. The van der Waals surface area contributed by atoms with Crippen LogP contribution in [0.1, 0.15) is 47.4 Å². The van der Waals surface area contributed by atoms with Gasteiger partial charge in [-0.1, -0.05) is 19.1 Å². The molecule has 1 aromatic heterocycles. The van der Waals surface area contributed by atoms with Crippen LogP contribution < -0.4 is 5.32 Å². The Hall–Kier alpha value is -2.21. The van der Waals surface area contributed by atoms with E-state index in [2.05, 4.69) is 17.2 Å². The van der Waals surface area contributed by atoms with Gasteiger partial charge < -0.3 is 10.4 Å². The molecule has 0 atom stereocenters. The number of carboxylic acids is 1. The number of nitrogens with zero attached hydrogens (tertiary/aromatic N) is 1. The molecule has 0 aliphatic rings. The fourth-order valence-electron chi connectivity index (χ4n) is 2.03. The van der Waals surface area contributed by atoms with Gasteiger partial charge in [-0.3, -0.25) is 9.59 Å². The third-order valence-electron chi connectivity index (χ3n) is 3.64. The number of rotatable bonds is 6. The minimum Gasteiger partial charge on any atom is -0.481 e. The maximum Gasteiger partial charge on any atom is 0.313 e. The number of amides is 1. The van der Waals surface area contributed by atoms with E-state index in [1.165, 1.54) is 11.3 Å². The van der Waals surface area contributed by atoms with E-state index in [0.717, 1.165) is 17.8 Å². The molecule has 1 heterocycles. The molecule has 0 fully saturated rings. The van der Waals surface area contributed by atoms with Crippen molar-refractivity contribution in [2.24, 2.45) is 0 Å². The Bertz CT molecular complexity index is 705. The maximum absolute atomic E-state index is 12.2. The van der Waals surface area contributed by atoms with E-state index in [1.54, 1.807) is 44.3 Å². The molecule has 2 rings (SSSR count). The molecule has 1 amide bonds. The number of thiazole rings is 1. The first-order valence-electron chi connectivity index (χ1n) is 7.44. The third kappa shape index (κ3) is 3.96. The summed E-state index contributed by atoms with van der Waals surface area (Å²) in [5.74, 6) is -1.09. The molecule has 2 aromatic rings. The molecule has 122 valence electrons. The molecule has 2 N–H and O–H groups in total. The number of aliphatic carboxylic acids is 1. The summed E-state index contributed by atoms with van der Waals surface area (Å²) < 4.78 is 0. The van der Waals surface area contributed by atoms with E-state index in [4.69, 9.17) is 0 Å². The molecule has 0 aliphatic heterocycles. The molecule has 0 bridgehead atoms. The van der Waals surface area contributed by atoms with Crippen LogP contribution in [0.3, 0.4) is 0 Å². The first kappa shape index (κ1) is 17.1. The molecule has 0 aliphatic carbocycles. The predicted octanol–water partition coefficient (Wildman–Crippen LogP) is 3.71. The van der Waals surface area contributed by atoms with Crippen LogP contribution in [0.2, 0.25) is 0 Å². The van der Waals surface area contributed by atoms with Gasteiger partial charge in [0.1, 0.15) is 4.88 Å². The van der Waals surface area contributed by atoms with Gasteiger partial charge in [0.05, 0.1) is 16.6 Å². The Morgan fingerprint density at radius 1 is 1.26 bits per heavy atom. The molecule has 23 heavy (non-hydrogen) atoms. The van der Waals surface area contributed by atoms with Crippen molar-refractivity contribution in [2.45, 2.75) is 39.0 Å². The number of aromatic nitrogens is 1. The standard InChI is InChI=1S/C17H20N2O3S/c1-4-5-14-18-10-13(23-14)15(20)19-12-8-6-11(7-9-12)17(2,3)16(21)22/h6-10H,4-5H2,1-3H3,(H,19,20)(H,21,22). The summed E-state index contributed by atoms with van der Waals surface area (Å²) in [5, 5.41) is 13.0. The summed E-state index contributed by atoms with van der Waals surface area (Å²) in [7, 11) is 0. The van der Waals surface area contributed by atoms with Gasteiger partial charge in [0, 0.05) is 5.69 Å². The second kappa shape index (κ2) is 6.91. The fourth-order valence-corrected chi connectivity index (χ4v) is 2.95. The number of nitrogens with one attached hydrogen (secondary N) is 1. The van der Waals surface area contributed by atoms with Crippen LogP contribution in [0.4, 0.5) is 5.69 Å². The normalized spacial score (nSPS) is 11.3. The van der Waals surface area contributed by atoms with Gasteiger partial charge in [0.25, 0.3) is 5.91 Å². The second-order valence-corrected chi connectivity index (χ2v) is 6.95. The summed E-state index contributed by atoms with van der Waals surface area (Å²) >= 11 is 1.40. The van der Waals surface area contributed by atoms with Gasteiger partial charge in [0.15, 0.2) is 0 Å². The van der Waals surface area contributed by atoms with Gasteiger partial charge in [-0.2, -0.15) is 0 Å². The Morgan fingerprint density at radius 2 is 1.91 bits per heavy atom. The molecule has 0 unspecified atom stereocenters. The van der Waals surface area contributed by atoms with E-state index in [1.807, 2.05) is 0 Å². The van der Waals surface area contributed by atoms with Crippen LogP contribution in [-0.2, 0) is 16.6 Å². The number of hydrogen-bond donors (Lipinski definition) is 2. The van der Waals surface area contributed by atoms with Crippen molar-refractivity contribution in [3.8, 4) is 0 Å². The molecule has 0 saturated carbocycles. The van der Waals surface area contributed by atoms with Gasteiger partial charge in [-0.15, -0.1) is 11.3 Å². The number of hydrogen-bond acceptors (Lipinski definition) is 4. The summed E-state index contributed by atoms with van der Waals surface area (Å²) in [6.07, 6.45) is 3.46. The molecule has 6 heteroatoms. The zero-order valence-electron chi connectivity index (χ0n) is 13.4. The zero-order valence-corrected chi connectivity index (χ0v) is 14.2. The van der Waals surface area contributed by atoms with Crippen molar-refractivity contribution < 1.29 is 14.7 Å². The monoisotopic (exact) mass is 332 g/mol. The SMILES string of the molecule is CCCc1ncc(C(=O)Nc2ccc(C(C)(C)C(=O)O)cc2)s1. The van der Waals surface area contributed by atoms with Crippen molar-refractivity contribution in [3.05, 3.63) is 45.9 Å². The maximum atomic E-state index is 12.2. The van der Waals surface area contributed by atoms with E-state index in [-0.39, 0.29) is 5.91 Å². The first-order chi connectivity index (χ1) is 10.8. The molecule has 5 nitrogen and oxygen atoms in total. The van der Waals surface area contributed by atoms with Gasteiger partial charge in [-0.25, -0.2) is 4.98 Å². The highest BCUT2D eigenvalue weighted by Gasteiger charge is 2.29. The van der Waals surface area contributed by atoms with E-state index < -0.39 is 11.4 Å². The van der Waals surface area contributed by atoms with Crippen LogP contribution in [0.25, 0.3) is 0 Å². The highest BCUT2D eigenvalue weighted by atomic mass is 32.1. The van der Waals surface area contributed by atoms with Gasteiger partial charge >= 0.3 is 5.97 Å². The molecular formula is C17H20N2O3S. The summed E-state index contributed by atoms with van der Waals surface area (Å²) in [5.41, 5.74) is 0.353. The van der Waals surface area contributed by atoms with Crippen molar-refractivity contribution in [3.63, 3.8) is 0 Å². The minimum absolute atomic E-state index is 0.199. The smallest absolute Gasteiger partial charge is 0.313 e. The average Bonchev–Trinajstić information content (AvgIpc) is 2.97. The average molecular weight is 332 g/mol. The number of carboxylic acid groups (broad SMARTS) is 1. The van der Waals surface area contributed by atoms with Gasteiger partial charge in [0.2, 0.25) is 0 Å². The van der Waals surface area contributed by atoms with Crippen molar-refractivity contribution in [2.75, 3.05) is 5.32 Å². The number of carbonyl (C=O) groups is 2. The minimum atomic E-state index is -0.963. The Labute approximate surface area is 139 Å². The molecular weight excluding hydrogens is 312 g/mol. The number of anilines is 1. The van der Waals surface area contributed by atoms with Crippen LogP contribution in [0, 0.1) is 0 Å². The molecule has 0 radical (unpaired) electrons. The highest BCUT2D eigenvalue weighted by molar-refractivity contribution is 7.13. The predicted molar refractivity (Wildman–Crippen MR) is 91.2 cm³/mol. The Kier molecular flexibility index (Phi) is 5.15. The zero-order chi connectivity index (χ0) is 17.0. The van der Waals surface area contributed by atoms with Crippen LogP contribution in [-0.4, -0.2) is 22.0 Å². The van der Waals surface area contributed by atoms with Crippen molar-refractivity contribution >= 4 is 28.9 Å². The lowest BCUT2D eigenvalue weighted by Crippen LogP contribution is -2.28. The van der Waals surface area contributed by atoms with Crippen LogP contribution in [0.5, 0.6) is 0 Å². The van der Waals surface area contributed by atoms with Crippen LogP contribution in [0.15, 0.2) is 30.5 Å². The largest absolute Gasteiger partial charge is 0.481 e. The quantitative estimate of drug-likeness (QED) is 0.845. The fraction of sp³-hybridized carbons (Fsp3) is 0.353. The topological polar surface area (TPSA) is 79.3 Å². The molecule has 1 aromatic carbocycles. The van der Waals surface area contributed by atoms with E-state index in [0.29, 0.717) is 16.1 Å². The summed E-state index contributed by atoms with van der Waals surface area (Å²) in [4.78, 5) is 28.2. The summed E-state index contributed by atoms with van der Waals surface area (Å²) in [6.45, 7) is 5.37.